The van der Waals surface area contributed by atoms with Crippen molar-refractivity contribution in [3.05, 3.63) is 70.5 Å². The van der Waals surface area contributed by atoms with Gasteiger partial charge in [0.25, 0.3) is 0 Å². The summed E-state index contributed by atoms with van der Waals surface area (Å²) < 4.78 is 0. The van der Waals surface area contributed by atoms with Gasteiger partial charge in [0, 0.05) is 23.6 Å². The van der Waals surface area contributed by atoms with Gasteiger partial charge in [-0.15, -0.1) is 0 Å². The lowest BCUT2D eigenvalue weighted by Gasteiger charge is -2.31. The zero-order chi connectivity index (χ0) is 15.0. The molecule has 1 atom stereocenters. The van der Waals surface area contributed by atoms with Crippen LogP contribution in [0.15, 0.2) is 60.0 Å². The van der Waals surface area contributed by atoms with Crippen molar-refractivity contribution in [1.82, 2.24) is 10.2 Å². The SMILES string of the molecule is C=C(CCC)CC1NC2=C(C2=C)N1Cc1ccc(Cl)cc1. The fraction of sp³-hybridized carbons (Fsp3) is 0.333. The number of benzene rings is 1. The number of hydrogen-bond acceptors (Lipinski definition) is 2. The second-order valence-corrected chi connectivity index (χ2v) is 6.26. The highest BCUT2D eigenvalue weighted by molar-refractivity contribution is 6.30. The van der Waals surface area contributed by atoms with Gasteiger partial charge in [-0.05, 0) is 24.1 Å². The van der Waals surface area contributed by atoms with E-state index >= 15 is 0 Å². The molecule has 2 nitrogen and oxygen atoms in total. The Morgan fingerprint density at radius 1 is 1.33 bits per heavy atom. The fourth-order valence-electron chi connectivity index (χ4n) is 2.95. The molecule has 0 saturated heterocycles. The van der Waals surface area contributed by atoms with Crippen LogP contribution in [0.25, 0.3) is 0 Å². The van der Waals surface area contributed by atoms with Gasteiger partial charge in [-0.1, -0.05) is 55.8 Å². The average molecular weight is 301 g/mol. The highest BCUT2D eigenvalue weighted by atomic mass is 35.5. The van der Waals surface area contributed by atoms with Crippen molar-refractivity contribution in [3.8, 4) is 0 Å². The summed E-state index contributed by atoms with van der Waals surface area (Å²) in [6, 6.07) is 8.07. The lowest BCUT2D eigenvalue weighted by atomic mass is 10.1. The minimum Gasteiger partial charge on any atom is -0.363 e. The molecule has 0 fully saturated rings. The average Bonchev–Trinajstić information content (AvgIpc) is 2.92. The molecule has 0 radical (unpaired) electrons. The van der Waals surface area contributed by atoms with Gasteiger partial charge in [-0.2, -0.15) is 0 Å². The zero-order valence-corrected chi connectivity index (χ0v) is 13.2. The molecule has 1 aromatic rings. The molecule has 1 aliphatic heterocycles. The van der Waals surface area contributed by atoms with E-state index in [1.54, 1.807) is 0 Å². The van der Waals surface area contributed by atoms with E-state index < -0.39 is 0 Å². The predicted octanol–water partition coefficient (Wildman–Crippen LogP) is 4.60. The van der Waals surface area contributed by atoms with Gasteiger partial charge in [-0.3, -0.25) is 0 Å². The summed E-state index contributed by atoms with van der Waals surface area (Å²) in [5.41, 5.74) is 6.25. The maximum Gasteiger partial charge on any atom is 0.103 e. The Hall–Kier alpha value is -1.67. The molecular formula is C18H21ClN2. The van der Waals surface area contributed by atoms with Crippen molar-refractivity contribution >= 4 is 11.6 Å². The standard InChI is InChI=1S/C18H21ClN2/c1-4-5-12(2)10-16-20-17-13(3)18(17)21(16)11-14-6-8-15(19)9-7-14/h6-9,16,20H,2-5,10-11H2,1H3. The normalized spacial score (nSPS) is 19.6. The minimum absolute atomic E-state index is 0.315. The lowest BCUT2D eigenvalue weighted by molar-refractivity contribution is 0.246. The van der Waals surface area contributed by atoms with Crippen LogP contribution in [-0.4, -0.2) is 11.1 Å². The minimum atomic E-state index is 0.315. The summed E-state index contributed by atoms with van der Waals surface area (Å²) in [6.07, 6.45) is 3.55. The molecule has 3 rings (SSSR count). The van der Waals surface area contributed by atoms with Gasteiger partial charge in [-0.25, -0.2) is 0 Å². The third-order valence-corrected chi connectivity index (χ3v) is 4.34. The number of halogens is 1. The van der Waals surface area contributed by atoms with Crippen LogP contribution < -0.4 is 5.32 Å². The number of allylic oxidation sites excluding steroid dienone is 2. The summed E-state index contributed by atoms with van der Waals surface area (Å²) in [4.78, 5) is 2.40. The third-order valence-electron chi connectivity index (χ3n) is 4.09. The van der Waals surface area contributed by atoms with E-state index in [0.29, 0.717) is 6.17 Å². The van der Waals surface area contributed by atoms with Crippen LogP contribution in [0.4, 0.5) is 0 Å². The first-order chi connectivity index (χ1) is 10.1. The van der Waals surface area contributed by atoms with Crippen molar-refractivity contribution in [2.45, 2.75) is 38.9 Å². The summed E-state index contributed by atoms with van der Waals surface area (Å²) in [7, 11) is 0. The molecule has 1 aliphatic carbocycles. The first-order valence-corrected chi connectivity index (χ1v) is 7.86. The third kappa shape index (κ3) is 2.86. The van der Waals surface area contributed by atoms with Crippen LogP contribution in [0.3, 0.4) is 0 Å². The van der Waals surface area contributed by atoms with Crippen LogP contribution in [0.2, 0.25) is 5.02 Å². The van der Waals surface area contributed by atoms with Gasteiger partial charge in [0.2, 0.25) is 0 Å². The topological polar surface area (TPSA) is 15.3 Å². The molecule has 1 heterocycles. The van der Waals surface area contributed by atoms with Crippen LogP contribution in [0.5, 0.6) is 0 Å². The van der Waals surface area contributed by atoms with E-state index in [-0.39, 0.29) is 0 Å². The van der Waals surface area contributed by atoms with Crippen molar-refractivity contribution in [1.29, 1.82) is 0 Å². The monoisotopic (exact) mass is 300 g/mol. The van der Waals surface area contributed by atoms with Gasteiger partial charge in [0.15, 0.2) is 0 Å². The number of nitrogens with zero attached hydrogens (tertiary/aromatic N) is 1. The van der Waals surface area contributed by atoms with Gasteiger partial charge >= 0.3 is 0 Å². The summed E-state index contributed by atoms with van der Waals surface area (Å²) in [5.74, 6) is 0. The summed E-state index contributed by atoms with van der Waals surface area (Å²) in [5, 5.41) is 4.35. The number of nitrogens with one attached hydrogen (secondary N) is 1. The highest BCUT2D eigenvalue weighted by Gasteiger charge is 2.43. The molecular weight excluding hydrogens is 280 g/mol. The molecule has 1 unspecified atom stereocenters. The van der Waals surface area contributed by atoms with Gasteiger partial charge < -0.3 is 10.2 Å². The van der Waals surface area contributed by atoms with E-state index in [0.717, 1.165) is 36.4 Å². The second-order valence-electron chi connectivity index (χ2n) is 5.82. The molecule has 0 bridgehead atoms. The predicted molar refractivity (Wildman–Crippen MR) is 88.7 cm³/mol. The maximum atomic E-state index is 5.96. The number of hydrogen-bond donors (Lipinski definition) is 1. The van der Waals surface area contributed by atoms with E-state index in [4.69, 9.17) is 11.6 Å². The lowest BCUT2D eigenvalue weighted by Crippen LogP contribution is -2.39. The highest BCUT2D eigenvalue weighted by Crippen LogP contribution is 2.45. The van der Waals surface area contributed by atoms with Crippen LogP contribution in [0.1, 0.15) is 31.7 Å². The van der Waals surface area contributed by atoms with Gasteiger partial charge in [0.05, 0.1) is 11.4 Å². The Balaban J connectivity index is 1.70. The van der Waals surface area contributed by atoms with Gasteiger partial charge in [0.1, 0.15) is 6.17 Å². The summed E-state index contributed by atoms with van der Waals surface area (Å²) >= 11 is 5.96. The Morgan fingerprint density at radius 3 is 2.71 bits per heavy atom. The number of rotatable bonds is 6. The first-order valence-electron chi connectivity index (χ1n) is 7.48. The molecule has 0 aromatic heterocycles. The molecule has 21 heavy (non-hydrogen) atoms. The molecule has 2 aliphatic rings. The van der Waals surface area contributed by atoms with Crippen molar-refractivity contribution < 1.29 is 0 Å². The van der Waals surface area contributed by atoms with E-state index in [9.17, 15) is 0 Å². The fourth-order valence-corrected chi connectivity index (χ4v) is 3.08. The molecule has 0 saturated carbocycles. The van der Waals surface area contributed by atoms with Crippen molar-refractivity contribution in [2.75, 3.05) is 0 Å². The van der Waals surface area contributed by atoms with Crippen molar-refractivity contribution in [3.63, 3.8) is 0 Å². The molecule has 1 aromatic carbocycles. The van der Waals surface area contributed by atoms with E-state index in [1.165, 1.54) is 22.5 Å². The first kappa shape index (κ1) is 14.3. The smallest absolute Gasteiger partial charge is 0.103 e. The second kappa shape index (κ2) is 5.61. The Labute approximate surface area is 131 Å². The van der Waals surface area contributed by atoms with Crippen LogP contribution >= 0.6 is 11.6 Å². The molecule has 0 amide bonds. The largest absolute Gasteiger partial charge is 0.363 e. The van der Waals surface area contributed by atoms with Crippen LogP contribution in [-0.2, 0) is 6.54 Å². The Morgan fingerprint density at radius 2 is 2.05 bits per heavy atom. The zero-order valence-electron chi connectivity index (χ0n) is 12.5. The van der Waals surface area contributed by atoms with E-state index in [2.05, 4.69) is 42.4 Å². The quantitative estimate of drug-likeness (QED) is 0.772. The Bertz CT molecular complexity index is 613. The van der Waals surface area contributed by atoms with Crippen molar-refractivity contribution in [2.24, 2.45) is 0 Å². The summed E-state index contributed by atoms with van der Waals surface area (Å²) in [6.45, 7) is 11.4. The molecule has 1 N–H and O–H groups in total. The maximum absolute atomic E-state index is 5.96. The Kier molecular flexibility index (Phi) is 3.81. The molecule has 0 spiro atoms. The van der Waals surface area contributed by atoms with E-state index in [1.807, 2.05) is 12.1 Å². The van der Waals surface area contributed by atoms with Crippen LogP contribution in [0, 0.1) is 0 Å². The molecule has 3 heteroatoms. The molecule has 110 valence electrons.